The van der Waals surface area contributed by atoms with Crippen LogP contribution in [0.5, 0.6) is 0 Å². The quantitative estimate of drug-likeness (QED) is 0.108. The average molecular weight is 778 g/mol. The molecule has 4 heterocycles. The highest BCUT2D eigenvalue weighted by Crippen LogP contribution is 2.46. The second-order valence-electron chi connectivity index (χ2n) is 11.6. The molecule has 3 aliphatic rings. The van der Waals surface area contributed by atoms with Crippen LogP contribution in [-0.4, -0.2) is 49.6 Å². The Morgan fingerprint density at radius 2 is 1.66 bits per heavy atom. The van der Waals surface area contributed by atoms with E-state index < -0.39 is 12.5 Å². The third kappa shape index (κ3) is 10.2. The number of hydrogen-bond acceptors (Lipinski definition) is 8. The summed E-state index contributed by atoms with van der Waals surface area (Å²) >= 11 is 3.65. The maximum Gasteiger partial charge on any atom is 0.185 e. The number of aromatic nitrogens is 4. The lowest BCUT2D eigenvalue weighted by molar-refractivity contribution is -0.143. The Morgan fingerprint density at radius 3 is 2.30 bits per heavy atom. The van der Waals surface area contributed by atoms with Crippen molar-refractivity contribution in [3.63, 3.8) is 0 Å². The van der Waals surface area contributed by atoms with Gasteiger partial charge in [-0.2, -0.15) is 0 Å². The zero-order chi connectivity index (χ0) is 33.6. The summed E-state index contributed by atoms with van der Waals surface area (Å²) in [4.78, 5) is 13.4. The van der Waals surface area contributed by atoms with E-state index in [-0.39, 0.29) is 24.1 Å². The fourth-order valence-electron chi connectivity index (χ4n) is 5.67. The van der Waals surface area contributed by atoms with Gasteiger partial charge in [-0.3, -0.25) is 8.10 Å². The van der Waals surface area contributed by atoms with Gasteiger partial charge in [-0.25, -0.2) is 19.3 Å². The molecule has 7 rings (SSSR count). The highest BCUT2D eigenvalue weighted by Gasteiger charge is 2.54. The number of fused-ring (bicyclic) bond motifs is 2. The molecular formula is C36H49FIN5O3S. The van der Waals surface area contributed by atoms with Gasteiger partial charge < -0.3 is 14.2 Å². The number of ether oxygens (including phenoxy) is 3. The molecule has 3 fully saturated rings. The molecule has 2 aromatic heterocycles. The van der Waals surface area contributed by atoms with Gasteiger partial charge in [-0.15, -0.1) is 11.8 Å². The maximum absolute atomic E-state index is 14.2. The molecule has 1 N–H and O–H groups in total. The van der Waals surface area contributed by atoms with Crippen LogP contribution in [0, 0.1) is 12.7 Å². The first kappa shape index (κ1) is 37.7. The van der Waals surface area contributed by atoms with E-state index in [1.54, 1.807) is 24.7 Å². The molecule has 1 saturated carbocycles. The van der Waals surface area contributed by atoms with Gasteiger partial charge in [0.05, 0.1) is 18.6 Å². The van der Waals surface area contributed by atoms with E-state index in [1.807, 2.05) is 55.7 Å². The summed E-state index contributed by atoms with van der Waals surface area (Å²) in [6, 6.07) is 15.7. The van der Waals surface area contributed by atoms with E-state index in [0.717, 1.165) is 11.6 Å². The lowest BCUT2D eigenvalue weighted by Crippen LogP contribution is -2.30. The molecule has 11 heteroatoms. The second-order valence-corrected chi connectivity index (χ2v) is 13.3. The molecule has 4 aromatic rings. The molecule has 5 atom stereocenters. The van der Waals surface area contributed by atoms with Crippen molar-refractivity contribution in [3.8, 4) is 0 Å². The Morgan fingerprint density at radius 1 is 0.957 bits per heavy atom. The van der Waals surface area contributed by atoms with E-state index >= 15 is 0 Å². The van der Waals surface area contributed by atoms with Crippen LogP contribution in [0.3, 0.4) is 0 Å². The second kappa shape index (κ2) is 19.7. The third-order valence-electron chi connectivity index (χ3n) is 8.17. The SMILES string of the molecule is CC.CCCCC.Cc1ccc(C2O[C@@H]3C(CSc4ccccc4F)OC(n4cnc5cncnc54)[C@@H]3O2)cc1.INC1CCCC1. The van der Waals surface area contributed by atoms with Gasteiger partial charge in [0.2, 0.25) is 0 Å². The lowest BCUT2D eigenvalue weighted by atomic mass is 10.1. The Kier molecular flexibility index (Phi) is 15.8. The first-order chi connectivity index (χ1) is 23.0. The van der Waals surface area contributed by atoms with Gasteiger partial charge in [0.25, 0.3) is 0 Å². The number of rotatable bonds is 8. The standard InChI is InChI=1S/C24H21FN4O3S.C5H10IN.C5H12.C2H6/c1-14-6-8-15(9-7-14)24-31-20-18(11-33-19-5-3-2-4-16(19)25)30-23(21(20)32-24)29-13-28-17-10-26-12-27-22(17)29;6-7-5-3-1-2-4-5;1-3-5-4-2;1-2/h2-10,12-13,18,20-21,23-24H,11H2,1H3;5,7H,1-4H2;3-5H2,1-2H3;1-2H3/t18?,20-,21-,23?,24?;;;/m1.../s1. The Balaban J connectivity index is 0.000000301. The van der Waals surface area contributed by atoms with Crippen LogP contribution in [0.2, 0.25) is 0 Å². The molecule has 0 radical (unpaired) electrons. The monoisotopic (exact) mass is 777 g/mol. The number of benzene rings is 2. The van der Waals surface area contributed by atoms with E-state index in [2.05, 4.69) is 55.2 Å². The van der Waals surface area contributed by atoms with Crippen LogP contribution < -0.4 is 3.53 Å². The normalized spacial score (nSPS) is 23.3. The number of thioether (sulfide) groups is 1. The lowest BCUT2D eigenvalue weighted by Gasteiger charge is -2.21. The number of hydrogen-bond donors (Lipinski definition) is 1. The minimum absolute atomic E-state index is 0.243. The fourth-order valence-corrected chi connectivity index (χ4v) is 7.28. The summed E-state index contributed by atoms with van der Waals surface area (Å²) in [5.41, 5.74) is 3.46. The smallest absolute Gasteiger partial charge is 0.185 e. The molecule has 256 valence electrons. The third-order valence-corrected chi connectivity index (χ3v) is 10.2. The largest absolute Gasteiger partial charge is 0.348 e. The highest BCUT2D eigenvalue weighted by molar-refractivity contribution is 14.1. The topological polar surface area (TPSA) is 83.3 Å². The number of imidazole rings is 1. The molecule has 1 aliphatic carbocycles. The zero-order valence-electron chi connectivity index (χ0n) is 28.1. The molecule has 0 amide bonds. The van der Waals surface area contributed by atoms with Crippen molar-refractivity contribution in [2.24, 2.45) is 0 Å². The van der Waals surface area contributed by atoms with Gasteiger partial charge >= 0.3 is 0 Å². The van der Waals surface area contributed by atoms with Crippen molar-refractivity contribution in [3.05, 3.63) is 84.3 Å². The van der Waals surface area contributed by atoms with Gasteiger partial charge in [-0.05, 0) is 31.9 Å². The molecule has 8 nitrogen and oxygen atoms in total. The first-order valence-corrected chi connectivity index (χ1v) is 19.0. The van der Waals surface area contributed by atoms with Gasteiger partial charge in [0, 0.05) is 45.1 Å². The minimum Gasteiger partial charge on any atom is -0.348 e. The molecule has 47 heavy (non-hydrogen) atoms. The molecule has 0 bridgehead atoms. The van der Waals surface area contributed by atoms with Crippen LogP contribution in [-0.2, 0) is 14.2 Å². The van der Waals surface area contributed by atoms with Crippen molar-refractivity contribution in [2.75, 3.05) is 5.75 Å². The zero-order valence-corrected chi connectivity index (χ0v) is 31.1. The summed E-state index contributed by atoms with van der Waals surface area (Å²) in [6.45, 7) is 10.5. The summed E-state index contributed by atoms with van der Waals surface area (Å²) in [5.74, 6) is 0.275. The van der Waals surface area contributed by atoms with Crippen molar-refractivity contribution >= 4 is 45.8 Å². The minimum atomic E-state index is -0.502. The summed E-state index contributed by atoms with van der Waals surface area (Å²) in [7, 11) is 0. The van der Waals surface area contributed by atoms with Crippen LogP contribution in [0.25, 0.3) is 11.2 Å². The summed E-state index contributed by atoms with van der Waals surface area (Å²) in [5, 5.41) is 0. The van der Waals surface area contributed by atoms with E-state index in [0.29, 0.717) is 21.8 Å². The van der Waals surface area contributed by atoms with Gasteiger partial charge in [-0.1, -0.05) is 102 Å². The fraction of sp³-hybridized carbons (Fsp3) is 0.528. The Bertz CT molecular complexity index is 1470. The van der Waals surface area contributed by atoms with Gasteiger partial charge in [0.15, 0.2) is 18.2 Å². The van der Waals surface area contributed by atoms with Crippen molar-refractivity contribution in [2.45, 2.75) is 121 Å². The molecule has 2 aromatic carbocycles. The highest BCUT2D eigenvalue weighted by atomic mass is 127. The maximum atomic E-state index is 14.2. The number of unbranched alkanes of at least 4 members (excludes halogenated alkanes) is 2. The van der Waals surface area contributed by atoms with Crippen molar-refractivity contribution in [1.82, 2.24) is 23.0 Å². The van der Waals surface area contributed by atoms with Crippen molar-refractivity contribution in [1.29, 1.82) is 0 Å². The first-order valence-electron chi connectivity index (χ1n) is 16.9. The molecule has 3 unspecified atom stereocenters. The molecular weight excluding hydrogens is 728 g/mol. The number of nitrogens with one attached hydrogen (secondary N) is 1. The number of halogens is 2. The van der Waals surface area contributed by atoms with E-state index in [1.165, 1.54) is 74.7 Å². The van der Waals surface area contributed by atoms with E-state index in [4.69, 9.17) is 14.2 Å². The van der Waals surface area contributed by atoms with Crippen LogP contribution >= 0.6 is 34.6 Å². The number of aryl methyl sites for hydroxylation is 1. The molecule has 0 spiro atoms. The Labute approximate surface area is 297 Å². The van der Waals surface area contributed by atoms with Crippen LogP contribution in [0.1, 0.15) is 96.3 Å². The average Bonchev–Trinajstić information content (AvgIpc) is 3.92. The van der Waals surface area contributed by atoms with Crippen molar-refractivity contribution < 1.29 is 18.6 Å². The molecule has 2 saturated heterocycles. The Hall–Kier alpha value is -2.16. The van der Waals surface area contributed by atoms with Crippen LogP contribution in [0.4, 0.5) is 4.39 Å². The summed E-state index contributed by atoms with van der Waals surface area (Å²) < 4.78 is 38.4. The predicted octanol–water partition coefficient (Wildman–Crippen LogP) is 9.54. The summed E-state index contributed by atoms with van der Waals surface area (Å²) in [6.07, 6.45) is 12.6. The predicted molar refractivity (Wildman–Crippen MR) is 196 cm³/mol. The van der Waals surface area contributed by atoms with Gasteiger partial charge in [0.1, 0.15) is 29.9 Å². The number of nitrogens with zero attached hydrogens (tertiary/aromatic N) is 4. The molecule has 2 aliphatic heterocycles. The van der Waals surface area contributed by atoms with Crippen LogP contribution in [0.15, 0.2) is 72.3 Å². The van der Waals surface area contributed by atoms with E-state index in [9.17, 15) is 4.39 Å².